The Labute approximate surface area is 179 Å². The van der Waals surface area contributed by atoms with Crippen molar-refractivity contribution >= 4 is 28.8 Å². The first-order valence-corrected chi connectivity index (χ1v) is 9.98. The molecule has 2 aliphatic rings. The molecule has 172 valence electrons. The van der Waals surface area contributed by atoms with Crippen molar-refractivity contribution in [2.45, 2.75) is 38.4 Å². The fraction of sp³-hybridized carbons (Fsp3) is 0.500. The van der Waals surface area contributed by atoms with Gasteiger partial charge in [-0.1, -0.05) is 13.0 Å². The Morgan fingerprint density at radius 3 is 2.50 bits per heavy atom. The lowest BCUT2D eigenvalue weighted by Crippen LogP contribution is -2.52. The van der Waals surface area contributed by atoms with Crippen LogP contribution in [0.5, 0.6) is 0 Å². The van der Waals surface area contributed by atoms with E-state index in [1.165, 1.54) is 11.6 Å². The van der Waals surface area contributed by atoms with Gasteiger partial charge in [0.25, 0.3) is 11.8 Å². The van der Waals surface area contributed by atoms with Crippen molar-refractivity contribution < 1.29 is 32.4 Å². The van der Waals surface area contributed by atoms with Crippen LogP contribution < -0.4 is 11.0 Å². The second-order valence-corrected chi connectivity index (χ2v) is 8.58. The number of hydrogen-bond acceptors (Lipinski definition) is 6. The lowest BCUT2D eigenvalue weighted by molar-refractivity contribution is -0.238. The average molecular weight is 454 g/mol. The zero-order chi connectivity index (χ0) is 23.4. The predicted molar refractivity (Wildman–Crippen MR) is 104 cm³/mol. The van der Waals surface area contributed by atoms with Crippen molar-refractivity contribution in [2.24, 2.45) is 12.5 Å². The van der Waals surface area contributed by atoms with Crippen molar-refractivity contribution in [1.82, 2.24) is 19.5 Å². The highest BCUT2D eigenvalue weighted by atomic mass is 19.4. The van der Waals surface area contributed by atoms with Gasteiger partial charge < -0.3 is 10.2 Å². The molecule has 1 N–H and O–H groups in total. The van der Waals surface area contributed by atoms with Crippen LogP contribution in [0.3, 0.4) is 0 Å². The molecule has 1 atom stereocenters. The Hall–Kier alpha value is -3.15. The highest BCUT2D eigenvalue weighted by Crippen LogP contribution is 2.31. The molecule has 32 heavy (non-hydrogen) atoms. The fourth-order valence-electron chi connectivity index (χ4n) is 4.20. The minimum absolute atomic E-state index is 0.109. The maximum absolute atomic E-state index is 12.9. The van der Waals surface area contributed by atoms with E-state index in [4.69, 9.17) is 0 Å². The quantitative estimate of drug-likeness (QED) is 0.697. The number of nitrogens with one attached hydrogen (secondary N) is 1. The highest BCUT2D eigenvalue weighted by molar-refractivity contribution is 6.00. The highest BCUT2D eigenvalue weighted by Gasteiger charge is 2.47. The Morgan fingerprint density at radius 1 is 1.22 bits per heavy atom. The van der Waals surface area contributed by atoms with Crippen LogP contribution in [0.15, 0.2) is 23.0 Å². The summed E-state index contributed by atoms with van der Waals surface area (Å²) < 4.78 is 40.1. The van der Waals surface area contributed by atoms with Gasteiger partial charge in [-0.2, -0.15) is 13.2 Å². The largest absolute Gasteiger partial charge is 0.493 e. The number of imidazole rings is 1. The van der Waals surface area contributed by atoms with E-state index in [-0.39, 0.29) is 23.3 Å². The molecule has 2 amide bonds. The number of carbonyl (C=O) groups excluding carboxylic acids is 3. The summed E-state index contributed by atoms with van der Waals surface area (Å²) in [7, 11) is 1.53. The van der Waals surface area contributed by atoms with E-state index in [1.54, 1.807) is 6.07 Å². The van der Waals surface area contributed by atoms with Gasteiger partial charge in [0, 0.05) is 26.6 Å². The van der Waals surface area contributed by atoms with Crippen LogP contribution in [-0.4, -0.2) is 51.2 Å². The SMILES string of the molecule is Cn1c(=O)n(C2CCC(=O)N(OC(=O)C(F)(F)F)C2=O)c2ccc(CC3(C)CNC3)cc21. The summed E-state index contributed by atoms with van der Waals surface area (Å²) >= 11 is 0. The van der Waals surface area contributed by atoms with Gasteiger partial charge >= 0.3 is 17.8 Å². The standard InChI is InChI=1S/C20H21F3N4O5/c1-19(9-24-10-19)8-11-3-4-12-14(7-11)25(2)18(31)26(12)13-5-6-15(28)27(16(13)29)32-17(30)20(21,22)23/h3-4,7,13,24H,5-6,8-10H2,1-2H3. The molecule has 0 radical (unpaired) electrons. The third kappa shape index (κ3) is 3.68. The molecule has 0 saturated carbocycles. The number of halogens is 3. The minimum atomic E-state index is -5.38. The summed E-state index contributed by atoms with van der Waals surface area (Å²) in [4.78, 5) is 52.9. The zero-order valence-electron chi connectivity index (χ0n) is 17.4. The number of hydrogen-bond donors (Lipinski definition) is 1. The van der Waals surface area contributed by atoms with Gasteiger partial charge in [0.15, 0.2) is 0 Å². The molecule has 2 saturated heterocycles. The van der Waals surface area contributed by atoms with Gasteiger partial charge in [0.05, 0.1) is 11.0 Å². The third-order valence-corrected chi connectivity index (χ3v) is 5.95. The van der Waals surface area contributed by atoms with Crippen molar-refractivity contribution in [3.8, 4) is 0 Å². The van der Waals surface area contributed by atoms with Gasteiger partial charge in [-0.3, -0.25) is 18.7 Å². The minimum Gasteiger partial charge on any atom is -0.321 e. The summed E-state index contributed by atoms with van der Waals surface area (Å²) in [5, 5.41) is 3.04. The van der Waals surface area contributed by atoms with Crippen molar-refractivity contribution in [3.63, 3.8) is 0 Å². The van der Waals surface area contributed by atoms with Gasteiger partial charge in [-0.05, 0) is 36.0 Å². The molecule has 1 aromatic carbocycles. The number of rotatable bonds is 4. The van der Waals surface area contributed by atoms with Gasteiger partial charge in [-0.25, -0.2) is 9.59 Å². The molecular formula is C20H21F3N4O5. The molecule has 0 spiro atoms. The molecule has 9 nitrogen and oxygen atoms in total. The summed E-state index contributed by atoms with van der Waals surface area (Å²) in [6, 6.07) is 4.07. The Bertz CT molecular complexity index is 1180. The summed E-state index contributed by atoms with van der Waals surface area (Å²) in [5.74, 6) is -4.97. The Kier molecular flexibility index (Phi) is 5.15. The van der Waals surface area contributed by atoms with Gasteiger partial charge in [0.2, 0.25) is 0 Å². The summed E-state index contributed by atoms with van der Waals surface area (Å²) in [5.41, 5.74) is 1.49. The first-order chi connectivity index (χ1) is 14.9. The normalized spacial score (nSPS) is 21.0. The third-order valence-electron chi connectivity index (χ3n) is 5.95. The molecule has 2 fully saturated rings. The van der Waals surface area contributed by atoms with Gasteiger partial charge in [0.1, 0.15) is 6.04 Å². The number of benzene rings is 1. The van der Waals surface area contributed by atoms with Crippen LogP contribution >= 0.6 is 0 Å². The second kappa shape index (κ2) is 7.47. The molecule has 0 bridgehead atoms. The van der Waals surface area contributed by atoms with E-state index in [1.807, 2.05) is 12.1 Å². The number of carbonyl (C=O) groups is 3. The van der Waals surface area contributed by atoms with Crippen LogP contribution in [0, 0.1) is 5.41 Å². The van der Waals surface area contributed by atoms with Crippen molar-refractivity contribution in [3.05, 3.63) is 34.2 Å². The van der Waals surface area contributed by atoms with Crippen LogP contribution in [0.4, 0.5) is 13.2 Å². The Morgan fingerprint density at radius 2 is 1.91 bits per heavy atom. The van der Waals surface area contributed by atoms with Crippen molar-refractivity contribution in [1.29, 1.82) is 0 Å². The van der Waals surface area contributed by atoms with Crippen LogP contribution in [0.2, 0.25) is 0 Å². The molecule has 1 unspecified atom stereocenters. The maximum Gasteiger partial charge on any atom is 0.493 e. The van der Waals surface area contributed by atoms with Crippen LogP contribution in [0.25, 0.3) is 11.0 Å². The number of fused-ring (bicyclic) bond motifs is 1. The molecule has 4 rings (SSSR count). The monoisotopic (exact) mass is 454 g/mol. The number of aromatic nitrogens is 2. The van der Waals surface area contributed by atoms with E-state index < -0.39 is 35.7 Å². The molecular weight excluding hydrogens is 433 g/mol. The van der Waals surface area contributed by atoms with E-state index in [0.29, 0.717) is 11.0 Å². The van der Waals surface area contributed by atoms with Crippen molar-refractivity contribution in [2.75, 3.05) is 13.1 Å². The van der Waals surface area contributed by atoms with E-state index in [9.17, 15) is 32.3 Å². The number of amides is 2. The molecule has 1 aromatic heterocycles. The zero-order valence-corrected chi connectivity index (χ0v) is 17.4. The van der Waals surface area contributed by atoms with Gasteiger partial charge in [-0.15, -0.1) is 5.06 Å². The van der Waals surface area contributed by atoms with E-state index in [2.05, 4.69) is 17.1 Å². The van der Waals surface area contributed by atoms with Crippen LogP contribution in [-0.2, 0) is 32.7 Å². The smallest absolute Gasteiger partial charge is 0.321 e. The first kappa shape index (κ1) is 22.1. The molecule has 2 aliphatic heterocycles. The number of aryl methyl sites for hydroxylation is 1. The number of alkyl halides is 3. The van der Waals surface area contributed by atoms with Crippen LogP contribution in [0.1, 0.15) is 31.4 Å². The number of hydroxylamine groups is 2. The molecule has 12 heteroatoms. The molecule has 0 aliphatic carbocycles. The lowest BCUT2D eigenvalue weighted by Gasteiger charge is -2.39. The summed E-state index contributed by atoms with van der Waals surface area (Å²) in [6.45, 7) is 3.90. The predicted octanol–water partition coefficient (Wildman–Crippen LogP) is 1.20. The van der Waals surface area contributed by atoms with E-state index in [0.717, 1.165) is 29.6 Å². The molecule has 2 aromatic rings. The second-order valence-electron chi connectivity index (χ2n) is 8.58. The topological polar surface area (TPSA) is 103 Å². The molecule has 3 heterocycles. The fourth-order valence-corrected chi connectivity index (χ4v) is 4.20. The number of imide groups is 1. The maximum atomic E-state index is 12.9. The number of nitrogens with zero attached hydrogens (tertiary/aromatic N) is 3. The summed E-state index contributed by atoms with van der Waals surface area (Å²) in [6.07, 6.45) is -5.07. The average Bonchev–Trinajstić information content (AvgIpc) is 2.94. The lowest BCUT2D eigenvalue weighted by atomic mass is 9.78. The number of piperidine rings is 1. The van der Waals surface area contributed by atoms with E-state index >= 15 is 0 Å². The Balaban J connectivity index is 1.68. The first-order valence-electron chi connectivity index (χ1n) is 9.98.